The highest BCUT2D eigenvalue weighted by molar-refractivity contribution is 5.87. The maximum absolute atomic E-state index is 5.70. The van der Waals surface area contributed by atoms with E-state index in [1.807, 2.05) is 30.6 Å². The standard InChI is InChI=1S/C13H12N8.C8H14O/c1-15-12-11-8(4-6-21(11)19-13(14)17-12)9-2-3-10-16-5-7-20(10)18-9;1-2-4-8(5-3-1)6-7-9-8/h2-7H,1H3,(H3,14,15,17,19);1-7H2. The highest BCUT2D eigenvalue weighted by Crippen LogP contribution is 2.40. The molecule has 4 aromatic rings. The molecule has 2 aliphatic rings. The quantitative estimate of drug-likeness (QED) is 0.526. The predicted octanol–water partition coefficient (Wildman–Crippen LogP) is 3.17. The number of nitrogens with zero attached hydrogens (tertiary/aromatic N) is 6. The minimum absolute atomic E-state index is 0.215. The van der Waals surface area contributed by atoms with Crippen LogP contribution in [0.2, 0.25) is 0 Å². The van der Waals surface area contributed by atoms with Crippen molar-refractivity contribution in [3.63, 3.8) is 0 Å². The Hall–Kier alpha value is -3.20. The van der Waals surface area contributed by atoms with Gasteiger partial charge in [0.25, 0.3) is 0 Å². The fourth-order valence-electron chi connectivity index (χ4n) is 4.36. The Morgan fingerprint density at radius 2 is 1.87 bits per heavy atom. The van der Waals surface area contributed by atoms with Gasteiger partial charge in [-0.15, -0.1) is 5.10 Å². The lowest BCUT2D eigenvalue weighted by Gasteiger charge is -2.44. The fourth-order valence-corrected chi connectivity index (χ4v) is 4.36. The molecule has 1 saturated heterocycles. The monoisotopic (exact) mass is 406 g/mol. The van der Waals surface area contributed by atoms with Crippen molar-refractivity contribution >= 4 is 22.9 Å². The van der Waals surface area contributed by atoms with Gasteiger partial charge in [-0.05, 0) is 37.5 Å². The van der Waals surface area contributed by atoms with E-state index in [1.165, 1.54) is 38.5 Å². The molecule has 0 unspecified atom stereocenters. The Balaban J connectivity index is 0.000000178. The molecule has 1 aliphatic carbocycles. The van der Waals surface area contributed by atoms with Crippen LogP contribution < -0.4 is 11.1 Å². The van der Waals surface area contributed by atoms with Gasteiger partial charge in [-0.2, -0.15) is 10.1 Å². The molecule has 9 nitrogen and oxygen atoms in total. The predicted molar refractivity (Wildman–Crippen MR) is 115 cm³/mol. The van der Waals surface area contributed by atoms with E-state index >= 15 is 0 Å². The Morgan fingerprint density at radius 1 is 1.03 bits per heavy atom. The Kier molecular flexibility index (Phi) is 4.74. The van der Waals surface area contributed by atoms with E-state index in [4.69, 9.17) is 10.5 Å². The molecule has 0 aromatic carbocycles. The molecule has 2 fully saturated rings. The number of rotatable bonds is 2. The molecule has 5 heterocycles. The van der Waals surface area contributed by atoms with Gasteiger partial charge in [0.1, 0.15) is 5.52 Å². The number of anilines is 2. The summed E-state index contributed by atoms with van der Waals surface area (Å²) < 4.78 is 8.99. The zero-order chi connectivity index (χ0) is 20.6. The summed E-state index contributed by atoms with van der Waals surface area (Å²) in [5, 5.41) is 11.8. The molecule has 0 bridgehead atoms. The molecule has 0 amide bonds. The van der Waals surface area contributed by atoms with Crippen molar-refractivity contribution in [3.8, 4) is 11.3 Å². The van der Waals surface area contributed by atoms with Crippen LogP contribution in [0, 0.1) is 0 Å². The van der Waals surface area contributed by atoms with Crippen LogP contribution in [0.15, 0.2) is 36.8 Å². The molecule has 1 spiro atoms. The van der Waals surface area contributed by atoms with Crippen LogP contribution in [0.3, 0.4) is 0 Å². The lowest BCUT2D eigenvalue weighted by atomic mass is 9.79. The van der Waals surface area contributed by atoms with Gasteiger partial charge >= 0.3 is 0 Å². The van der Waals surface area contributed by atoms with Gasteiger partial charge in [-0.25, -0.2) is 14.0 Å². The second kappa shape index (κ2) is 7.56. The summed E-state index contributed by atoms with van der Waals surface area (Å²) in [7, 11) is 1.80. The van der Waals surface area contributed by atoms with Gasteiger partial charge in [0.05, 0.1) is 17.9 Å². The molecule has 156 valence electrons. The summed E-state index contributed by atoms with van der Waals surface area (Å²) in [6, 6.07) is 5.78. The van der Waals surface area contributed by atoms with E-state index < -0.39 is 0 Å². The number of ether oxygens (including phenoxy) is 1. The van der Waals surface area contributed by atoms with E-state index in [1.54, 1.807) is 22.3 Å². The summed E-state index contributed by atoms with van der Waals surface area (Å²) in [4.78, 5) is 8.41. The van der Waals surface area contributed by atoms with E-state index in [2.05, 4.69) is 25.5 Å². The van der Waals surface area contributed by atoms with E-state index in [0.29, 0.717) is 11.4 Å². The molecule has 9 heteroatoms. The van der Waals surface area contributed by atoms with Gasteiger partial charge in [-0.1, -0.05) is 19.3 Å². The van der Waals surface area contributed by atoms with Crippen LogP contribution >= 0.6 is 0 Å². The largest absolute Gasteiger partial charge is 0.375 e. The van der Waals surface area contributed by atoms with Gasteiger partial charge in [0.15, 0.2) is 11.5 Å². The first-order valence-electron chi connectivity index (χ1n) is 10.4. The van der Waals surface area contributed by atoms with Gasteiger partial charge in [-0.3, -0.25) is 0 Å². The highest BCUT2D eigenvalue weighted by Gasteiger charge is 2.38. The molecule has 1 saturated carbocycles. The summed E-state index contributed by atoms with van der Waals surface area (Å²) >= 11 is 0. The first-order chi connectivity index (χ1) is 14.7. The normalized spacial score (nSPS) is 17.5. The molecule has 0 atom stereocenters. The van der Waals surface area contributed by atoms with E-state index in [-0.39, 0.29) is 5.95 Å². The average Bonchev–Trinajstić information content (AvgIpc) is 3.39. The number of nitrogen functional groups attached to an aromatic ring is 1. The average molecular weight is 406 g/mol. The third-order valence-corrected chi connectivity index (χ3v) is 6.03. The molecule has 3 N–H and O–H groups in total. The molecular formula is C21H26N8O. The van der Waals surface area contributed by atoms with Gasteiger partial charge in [0, 0.05) is 31.2 Å². The van der Waals surface area contributed by atoms with Crippen molar-refractivity contribution in [2.24, 2.45) is 0 Å². The Labute approximate surface area is 174 Å². The second-order valence-corrected chi connectivity index (χ2v) is 7.88. The topological polar surface area (TPSA) is 108 Å². The van der Waals surface area contributed by atoms with Crippen molar-refractivity contribution in [3.05, 3.63) is 36.8 Å². The maximum atomic E-state index is 5.70. The third-order valence-electron chi connectivity index (χ3n) is 6.03. The molecule has 30 heavy (non-hydrogen) atoms. The number of nitrogens with one attached hydrogen (secondary N) is 1. The molecule has 6 rings (SSSR count). The summed E-state index contributed by atoms with van der Waals surface area (Å²) in [6.45, 7) is 1.03. The second-order valence-electron chi connectivity index (χ2n) is 7.88. The van der Waals surface area contributed by atoms with E-state index in [9.17, 15) is 0 Å². The number of fused-ring (bicyclic) bond motifs is 2. The lowest BCUT2D eigenvalue weighted by Crippen LogP contribution is -2.44. The van der Waals surface area contributed by atoms with Gasteiger partial charge < -0.3 is 15.8 Å². The van der Waals surface area contributed by atoms with Crippen molar-refractivity contribution in [1.82, 2.24) is 29.2 Å². The lowest BCUT2D eigenvalue weighted by molar-refractivity contribution is -0.164. The summed E-state index contributed by atoms with van der Waals surface area (Å²) in [5.41, 5.74) is 9.47. The number of hydrogen-bond donors (Lipinski definition) is 2. The van der Waals surface area contributed by atoms with Crippen LogP contribution in [0.25, 0.3) is 22.4 Å². The molecular weight excluding hydrogens is 380 g/mol. The minimum Gasteiger partial charge on any atom is -0.375 e. The molecule has 1 aliphatic heterocycles. The first-order valence-corrected chi connectivity index (χ1v) is 10.4. The number of aromatic nitrogens is 6. The maximum Gasteiger partial charge on any atom is 0.240 e. The van der Waals surface area contributed by atoms with Crippen molar-refractivity contribution in [2.45, 2.75) is 44.1 Å². The summed E-state index contributed by atoms with van der Waals surface area (Å²) in [6.07, 6.45) is 13.6. The van der Waals surface area contributed by atoms with Crippen LogP contribution in [0.4, 0.5) is 11.8 Å². The van der Waals surface area contributed by atoms with Crippen LogP contribution in [-0.2, 0) is 4.74 Å². The molecule has 0 radical (unpaired) electrons. The van der Waals surface area contributed by atoms with Crippen molar-refractivity contribution in [1.29, 1.82) is 0 Å². The number of imidazole rings is 1. The zero-order valence-electron chi connectivity index (χ0n) is 17.1. The van der Waals surface area contributed by atoms with Crippen molar-refractivity contribution < 1.29 is 4.74 Å². The highest BCUT2D eigenvalue weighted by atomic mass is 16.5. The zero-order valence-corrected chi connectivity index (χ0v) is 17.1. The first kappa shape index (κ1) is 18.8. The van der Waals surface area contributed by atoms with Crippen molar-refractivity contribution in [2.75, 3.05) is 24.7 Å². The fraction of sp³-hybridized carbons (Fsp3) is 0.429. The van der Waals surface area contributed by atoms with Crippen LogP contribution in [0.1, 0.15) is 38.5 Å². The Morgan fingerprint density at radius 3 is 2.57 bits per heavy atom. The minimum atomic E-state index is 0.215. The van der Waals surface area contributed by atoms with Crippen LogP contribution in [-0.4, -0.2) is 48.5 Å². The van der Waals surface area contributed by atoms with E-state index in [0.717, 1.165) is 29.0 Å². The SMILES string of the molecule is C1CCC2(CC1)CCO2.CNc1nc(N)nn2ccc(-c3ccc4nccn4n3)c12. The van der Waals surface area contributed by atoms with Crippen LogP contribution in [0.5, 0.6) is 0 Å². The van der Waals surface area contributed by atoms with Gasteiger partial charge in [0.2, 0.25) is 5.95 Å². The Bertz CT molecular complexity index is 1170. The summed E-state index contributed by atoms with van der Waals surface area (Å²) in [5.74, 6) is 0.877. The number of nitrogens with two attached hydrogens (primary N) is 1. The number of hydrogen-bond acceptors (Lipinski definition) is 7. The third kappa shape index (κ3) is 3.35. The smallest absolute Gasteiger partial charge is 0.240 e. The molecule has 4 aromatic heterocycles.